The maximum Gasteiger partial charge on any atom is 0.305 e. The summed E-state index contributed by atoms with van der Waals surface area (Å²) in [5, 5.41) is 11.8. The van der Waals surface area contributed by atoms with Gasteiger partial charge < -0.3 is 14.8 Å². The number of rotatable bonds is 8. The largest absolute Gasteiger partial charge is 0.481 e. The van der Waals surface area contributed by atoms with Crippen molar-refractivity contribution in [2.45, 2.75) is 25.3 Å². The van der Waals surface area contributed by atoms with Crippen LogP contribution in [0.5, 0.6) is 0 Å². The minimum atomic E-state index is -1.01. The first-order chi connectivity index (χ1) is 13.5. The molecule has 3 rings (SSSR count). The average molecular weight is 382 g/mol. The summed E-state index contributed by atoms with van der Waals surface area (Å²) in [6.07, 6.45) is 3.29. The molecule has 1 unspecified atom stereocenters. The molecule has 1 aromatic carbocycles. The number of benzene rings is 1. The summed E-state index contributed by atoms with van der Waals surface area (Å²) in [6.45, 7) is 0. The Morgan fingerprint density at radius 1 is 1.11 bits per heavy atom. The zero-order valence-electron chi connectivity index (χ0n) is 15.0. The van der Waals surface area contributed by atoms with Crippen molar-refractivity contribution in [3.8, 4) is 11.3 Å². The standard InChI is InChI=1S/C21H19FN2O4/c22-17-4-2-1-3-16(17)19-7-5-15(28-19)6-8-20(25)24-18(13-21(26)27)14-9-11-23-12-10-14/h1-5,7,9-12,18H,6,8,13H2,(H,24,25)(H,26,27). The van der Waals surface area contributed by atoms with E-state index in [1.165, 1.54) is 6.07 Å². The van der Waals surface area contributed by atoms with Crippen LogP contribution >= 0.6 is 0 Å². The normalized spacial score (nSPS) is 11.8. The zero-order valence-corrected chi connectivity index (χ0v) is 15.0. The predicted molar refractivity (Wildman–Crippen MR) is 99.8 cm³/mol. The Morgan fingerprint density at radius 2 is 1.86 bits per heavy atom. The van der Waals surface area contributed by atoms with E-state index in [2.05, 4.69) is 10.3 Å². The summed E-state index contributed by atoms with van der Waals surface area (Å²) in [5.74, 6) is -0.745. The number of aliphatic carboxylic acids is 1. The van der Waals surface area contributed by atoms with Crippen molar-refractivity contribution >= 4 is 11.9 Å². The van der Waals surface area contributed by atoms with Gasteiger partial charge in [0.15, 0.2) is 0 Å². The molecule has 2 aromatic heterocycles. The van der Waals surface area contributed by atoms with Gasteiger partial charge in [0.1, 0.15) is 17.3 Å². The van der Waals surface area contributed by atoms with E-state index in [9.17, 15) is 14.0 Å². The Bertz CT molecular complexity index is 956. The van der Waals surface area contributed by atoms with Crippen molar-refractivity contribution in [1.82, 2.24) is 10.3 Å². The Balaban J connectivity index is 1.60. The minimum Gasteiger partial charge on any atom is -0.481 e. The third kappa shape index (κ3) is 5.03. The van der Waals surface area contributed by atoms with Gasteiger partial charge in [-0.05, 0) is 42.0 Å². The van der Waals surface area contributed by atoms with Crippen LogP contribution in [-0.4, -0.2) is 22.0 Å². The number of amides is 1. The van der Waals surface area contributed by atoms with Crippen LogP contribution in [0.25, 0.3) is 11.3 Å². The summed E-state index contributed by atoms with van der Waals surface area (Å²) in [4.78, 5) is 27.3. The molecule has 0 spiro atoms. The number of nitrogens with zero attached hydrogens (tertiary/aromatic N) is 1. The van der Waals surface area contributed by atoms with Gasteiger partial charge in [0.05, 0.1) is 18.0 Å². The number of carbonyl (C=O) groups excluding carboxylic acids is 1. The fourth-order valence-corrected chi connectivity index (χ4v) is 2.84. The van der Waals surface area contributed by atoms with Crippen molar-refractivity contribution in [2.24, 2.45) is 0 Å². The lowest BCUT2D eigenvalue weighted by Crippen LogP contribution is -2.30. The lowest BCUT2D eigenvalue weighted by molar-refractivity contribution is -0.137. The number of pyridine rings is 1. The highest BCUT2D eigenvalue weighted by Gasteiger charge is 2.18. The van der Waals surface area contributed by atoms with Gasteiger partial charge in [-0.15, -0.1) is 0 Å². The second-order valence-electron chi connectivity index (χ2n) is 6.24. The average Bonchev–Trinajstić information content (AvgIpc) is 3.15. The Hall–Kier alpha value is -3.48. The highest BCUT2D eigenvalue weighted by atomic mass is 19.1. The summed E-state index contributed by atoms with van der Waals surface area (Å²) < 4.78 is 19.5. The first-order valence-corrected chi connectivity index (χ1v) is 8.77. The van der Waals surface area contributed by atoms with Gasteiger partial charge in [0, 0.05) is 25.2 Å². The molecule has 0 saturated heterocycles. The van der Waals surface area contributed by atoms with E-state index >= 15 is 0 Å². The molecule has 3 aromatic rings. The van der Waals surface area contributed by atoms with Crippen LogP contribution in [-0.2, 0) is 16.0 Å². The fraction of sp³-hybridized carbons (Fsp3) is 0.190. The van der Waals surface area contributed by atoms with Crippen molar-refractivity contribution in [3.05, 3.63) is 78.1 Å². The quantitative estimate of drug-likeness (QED) is 0.619. The molecule has 1 amide bonds. The van der Waals surface area contributed by atoms with Crippen molar-refractivity contribution in [2.75, 3.05) is 0 Å². The molecule has 0 bridgehead atoms. The lowest BCUT2D eigenvalue weighted by Gasteiger charge is -2.17. The number of nitrogens with one attached hydrogen (secondary N) is 1. The van der Waals surface area contributed by atoms with Crippen LogP contribution < -0.4 is 5.32 Å². The monoisotopic (exact) mass is 382 g/mol. The van der Waals surface area contributed by atoms with Gasteiger partial charge >= 0.3 is 5.97 Å². The number of furan rings is 1. The number of aromatic nitrogens is 1. The van der Waals surface area contributed by atoms with Crippen molar-refractivity contribution in [3.63, 3.8) is 0 Å². The molecule has 0 aliphatic carbocycles. The molecule has 0 aliphatic rings. The first-order valence-electron chi connectivity index (χ1n) is 8.77. The molecule has 1 atom stereocenters. The lowest BCUT2D eigenvalue weighted by atomic mass is 10.0. The van der Waals surface area contributed by atoms with Crippen LogP contribution in [0, 0.1) is 5.82 Å². The van der Waals surface area contributed by atoms with Gasteiger partial charge in [-0.2, -0.15) is 0 Å². The van der Waals surface area contributed by atoms with Gasteiger partial charge in [-0.3, -0.25) is 14.6 Å². The molecule has 28 heavy (non-hydrogen) atoms. The third-order valence-corrected chi connectivity index (χ3v) is 4.22. The number of aryl methyl sites for hydroxylation is 1. The Kier molecular flexibility index (Phi) is 6.16. The van der Waals surface area contributed by atoms with Gasteiger partial charge in [-0.1, -0.05) is 12.1 Å². The molecule has 2 N–H and O–H groups in total. The number of hydrogen-bond donors (Lipinski definition) is 2. The van der Waals surface area contributed by atoms with E-state index in [4.69, 9.17) is 9.52 Å². The highest BCUT2D eigenvalue weighted by molar-refractivity contribution is 5.78. The minimum absolute atomic E-state index is 0.116. The maximum absolute atomic E-state index is 13.8. The van der Waals surface area contributed by atoms with Crippen LogP contribution in [0.15, 0.2) is 65.3 Å². The van der Waals surface area contributed by atoms with Crippen LogP contribution in [0.1, 0.15) is 30.2 Å². The summed E-state index contributed by atoms with van der Waals surface area (Å²) in [5.41, 5.74) is 1.03. The molecule has 2 heterocycles. The summed E-state index contributed by atoms with van der Waals surface area (Å²) in [7, 11) is 0. The van der Waals surface area contributed by atoms with E-state index in [1.54, 1.807) is 54.9 Å². The van der Waals surface area contributed by atoms with Crippen molar-refractivity contribution < 1.29 is 23.5 Å². The number of halogens is 1. The van der Waals surface area contributed by atoms with E-state index in [0.29, 0.717) is 29.1 Å². The maximum atomic E-state index is 13.8. The number of hydrogen-bond acceptors (Lipinski definition) is 4. The molecule has 144 valence electrons. The molecular formula is C21H19FN2O4. The summed E-state index contributed by atoms with van der Waals surface area (Å²) in [6, 6.07) is 12.4. The van der Waals surface area contributed by atoms with Crippen LogP contribution in [0.4, 0.5) is 4.39 Å². The summed E-state index contributed by atoms with van der Waals surface area (Å²) >= 11 is 0. The zero-order chi connectivity index (χ0) is 19.9. The molecule has 0 aliphatic heterocycles. The number of carboxylic acids is 1. The third-order valence-electron chi connectivity index (χ3n) is 4.22. The van der Waals surface area contributed by atoms with Gasteiger partial charge in [0.2, 0.25) is 5.91 Å². The van der Waals surface area contributed by atoms with Crippen LogP contribution in [0.3, 0.4) is 0 Å². The molecule has 0 saturated carbocycles. The Morgan fingerprint density at radius 3 is 2.57 bits per heavy atom. The number of carbonyl (C=O) groups is 2. The van der Waals surface area contributed by atoms with E-state index in [-0.39, 0.29) is 24.6 Å². The number of carboxylic acid groups (broad SMARTS) is 1. The SMILES string of the molecule is O=C(O)CC(NC(=O)CCc1ccc(-c2ccccc2F)o1)c1ccncc1. The topological polar surface area (TPSA) is 92.4 Å². The second-order valence-corrected chi connectivity index (χ2v) is 6.24. The molecule has 0 fully saturated rings. The molecular weight excluding hydrogens is 363 g/mol. The van der Waals surface area contributed by atoms with Gasteiger partial charge in [-0.25, -0.2) is 4.39 Å². The molecule has 7 heteroatoms. The van der Waals surface area contributed by atoms with Crippen LogP contribution in [0.2, 0.25) is 0 Å². The van der Waals surface area contributed by atoms with E-state index in [0.717, 1.165) is 0 Å². The Labute approximate surface area is 161 Å². The van der Waals surface area contributed by atoms with E-state index in [1.807, 2.05) is 0 Å². The first kappa shape index (κ1) is 19.3. The fourth-order valence-electron chi connectivity index (χ4n) is 2.84. The highest BCUT2D eigenvalue weighted by Crippen LogP contribution is 2.25. The smallest absolute Gasteiger partial charge is 0.305 e. The van der Waals surface area contributed by atoms with Crippen molar-refractivity contribution in [1.29, 1.82) is 0 Å². The molecule has 0 radical (unpaired) electrons. The van der Waals surface area contributed by atoms with Gasteiger partial charge in [0.25, 0.3) is 0 Å². The molecule has 6 nitrogen and oxygen atoms in total. The van der Waals surface area contributed by atoms with E-state index < -0.39 is 12.0 Å². The predicted octanol–water partition coefficient (Wildman–Crippen LogP) is 3.75. The second kappa shape index (κ2) is 8.94.